The Labute approximate surface area is 107 Å². The zero-order chi connectivity index (χ0) is 11.7. The van der Waals surface area contributed by atoms with Crippen LogP contribution >= 0.6 is 27.5 Å². The van der Waals surface area contributed by atoms with Crippen molar-refractivity contribution < 1.29 is 9.53 Å². The van der Waals surface area contributed by atoms with Crippen LogP contribution in [-0.2, 0) is 4.79 Å². The Hall–Kier alpha value is -0.800. The van der Waals surface area contributed by atoms with E-state index in [0.29, 0.717) is 22.8 Å². The molecule has 16 heavy (non-hydrogen) atoms. The second-order valence-corrected chi connectivity index (χ2v) is 5.02. The van der Waals surface area contributed by atoms with Crippen LogP contribution in [0.5, 0.6) is 5.75 Å². The van der Waals surface area contributed by atoms with Crippen molar-refractivity contribution in [3.8, 4) is 5.75 Å². The molecule has 0 radical (unpaired) electrons. The summed E-state index contributed by atoms with van der Waals surface area (Å²) in [7, 11) is 0. The van der Waals surface area contributed by atoms with Crippen LogP contribution in [0.2, 0.25) is 0 Å². The summed E-state index contributed by atoms with van der Waals surface area (Å²) in [5.74, 6) is 0.712. The molecule has 0 fully saturated rings. The van der Waals surface area contributed by atoms with Crippen molar-refractivity contribution in [2.24, 2.45) is 0 Å². The number of hydrogen-bond donors (Lipinski definition) is 0. The van der Waals surface area contributed by atoms with Gasteiger partial charge in [0.15, 0.2) is 0 Å². The molecule has 2 nitrogen and oxygen atoms in total. The predicted octanol–water partition coefficient (Wildman–Crippen LogP) is 3.77. The monoisotopic (exact) mass is 300 g/mol. The summed E-state index contributed by atoms with van der Waals surface area (Å²) in [6.45, 7) is 1.92. The van der Waals surface area contributed by atoms with Gasteiger partial charge in [0.25, 0.3) is 0 Å². The first-order valence-corrected chi connectivity index (χ1v) is 6.09. The average molecular weight is 302 g/mol. The molecule has 84 valence electrons. The van der Waals surface area contributed by atoms with E-state index in [1.165, 1.54) is 0 Å². The largest absolute Gasteiger partial charge is 0.490 e. The Morgan fingerprint density at radius 3 is 3.00 bits per heavy atom. The molecule has 2 rings (SSSR count). The molecule has 0 aliphatic carbocycles. The van der Waals surface area contributed by atoms with Crippen LogP contribution in [0.25, 0.3) is 5.03 Å². The van der Waals surface area contributed by atoms with Gasteiger partial charge in [-0.15, -0.1) is 0 Å². The third-order valence-electron chi connectivity index (χ3n) is 2.44. The Morgan fingerprint density at radius 2 is 2.31 bits per heavy atom. The van der Waals surface area contributed by atoms with Crippen LogP contribution in [0, 0.1) is 0 Å². The molecule has 1 aromatic carbocycles. The molecule has 0 bridgehead atoms. The number of hydrogen-bond acceptors (Lipinski definition) is 2. The molecule has 1 heterocycles. The van der Waals surface area contributed by atoms with E-state index in [1.54, 1.807) is 0 Å². The highest BCUT2D eigenvalue weighted by Crippen LogP contribution is 2.37. The lowest BCUT2D eigenvalue weighted by molar-refractivity contribution is -0.105. The van der Waals surface area contributed by atoms with Crippen molar-refractivity contribution in [3.05, 3.63) is 33.8 Å². The van der Waals surface area contributed by atoms with Crippen LogP contribution in [0.1, 0.15) is 18.9 Å². The van der Waals surface area contributed by atoms with E-state index >= 15 is 0 Å². The fourth-order valence-electron chi connectivity index (χ4n) is 1.71. The summed E-state index contributed by atoms with van der Waals surface area (Å²) in [5.41, 5.74) is 1.37. The number of carbonyl (C=O) groups excluding carboxylic acids is 1. The van der Waals surface area contributed by atoms with Gasteiger partial charge in [-0.05, 0) is 25.1 Å². The van der Waals surface area contributed by atoms with Gasteiger partial charge in [0, 0.05) is 22.0 Å². The van der Waals surface area contributed by atoms with Crippen LogP contribution < -0.4 is 4.74 Å². The first-order valence-electron chi connectivity index (χ1n) is 4.92. The maximum absolute atomic E-state index is 10.9. The molecule has 0 spiro atoms. The van der Waals surface area contributed by atoms with Crippen LogP contribution in [0.4, 0.5) is 0 Å². The average Bonchev–Trinajstić information content (AvgIpc) is 2.35. The van der Waals surface area contributed by atoms with Crippen LogP contribution in [0.3, 0.4) is 0 Å². The lowest BCUT2D eigenvalue weighted by Gasteiger charge is -2.13. The van der Waals surface area contributed by atoms with Gasteiger partial charge >= 0.3 is 0 Å². The van der Waals surface area contributed by atoms with E-state index in [-0.39, 0.29) is 6.10 Å². The lowest BCUT2D eigenvalue weighted by atomic mass is 10.1. The highest BCUT2D eigenvalue weighted by Gasteiger charge is 2.20. The third kappa shape index (κ3) is 2.15. The highest BCUT2D eigenvalue weighted by molar-refractivity contribution is 9.10. The predicted molar refractivity (Wildman–Crippen MR) is 67.7 cm³/mol. The SMILES string of the molecule is CC1CC(C=O)=C(Cl)c2ccc(Br)cc2O1. The zero-order valence-corrected chi connectivity index (χ0v) is 11.0. The van der Waals surface area contributed by atoms with Gasteiger partial charge in [0.05, 0.1) is 5.03 Å². The number of fused-ring (bicyclic) bond motifs is 1. The molecule has 0 saturated carbocycles. The van der Waals surface area contributed by atoms with E-state index in [2.05, 4.69) is 15.9 Å². The van der Waals surface area contributed by atoms with E-state index in [9.17, 15) is 4.79 Å². The van der Waals surface area contributed by atoms with Gasteiger partial charge in [-0.25, -0.2) is 0 Å². The standard InChI is InChI=1S/C12H10BrClO2/c1-7-4-8(6-15)12(14)10-3-2-9(13)5-11(10)16-7/h2-3,5-7H,4H2,1H3. The molecular weight excluding hydrogens is 291 g/mol. The van der Waals surface area contributed by atoms with Gasteiger partial charge in [-0.2, -0.15) is 0 Å². The van der Waals surface area contributed by atoms with Gasteiger partial charge in [-0.1, -0.05) is 27.5 Å². The summed E-state index contributed by atoms with van der Waals surface area (Å²) in [5, 5.41) is 0.488. The van der Waals surface area contributed by atoms with Gasteiger partial charge in [-0.3, -0.25) is 4.79 Å². The fraction of sp³-hybridized carbons (Fsp3) is 0.250. The Morgan fingerprint density at radius 1 is 1.56 bits per heavy atom. The van der Waals surface area contributed by atoms with E-state index < -0.39 is 0 Å². The molecule has 0 N–H and O–H groups in total. The van der Waals surface area contributed by atoms with Crippen LogP contribution in [0.15, 0.2) is 28.2 Å². The minimum atomic E-state index is -0.0514. The number of aldehydes is 1. The molecule has 4 heteroatoms. The van der Waals surface area contributed by atoms with Gasteiger partial charge in [0.2, 0.25) is 0 Å². The Kier molecular flexibility index (Phi) is 3.36. The molecule has 0 aromatic heterocycles. The van der Waals surface area contributed by atoms with Crippen molar-refractivity contribution in [2.45, 2.75) is 19.4 Å². The van der Waals surface area contributed by atoms with Crippen LogP contribution in [-0.4, -0.2) is 12.4 Å². The summed E-state index contributed by atoms with van der Waals surface area (Å²) >= 11 is 9.57. The first kappa shape index (κ1) is 11.7. The van der Waals surface area contributed by atoms with Crippen molar-refractivity contribution in [2.75, 3.05) is 0 Å². The number of carbonyl (C=O) groups is 1. The lowest BCUT2D eigenvalue weighted by Crippen LogP contribution is -2.11. The first-order chi connectivity index (χ1) is 7.61. The summed E-state index contributed by atoms with van der Waals surface area (Å²) in [6, 6.07) is 5.59. The second-order valence-electron chi connectivity index (χ2n) is 3.73. The van der Waals surface area contributed by atoms with E-state index in [1.807, 2.05) is 25.1 Å². The number of benzene rings is 1. The van der Waals surface area contributed by atoms with Gasteiger partial charge < -0.3 is 4.74 Å². The zero-order valence-electron chi connectivity index (χ0n) is 8.67. The van der Waals surface area contributed by atoms with Gasteiger partial charge in [0.1, 0.15) is 18.1 Å². The quantitative estimate of drug-likeness (QED) is 0.738. The third-order valence-corrected chi connectivity index (χ3v) is 3.38. The maximum atomic E-state index is 10.9. The number of ether oxygens (including phenoxy) is 1. The number of halogens is 2. The summed E-state index contributed by atoms with van der Waals surface area (Å²) in [4.78, 5) is 10.9. The molecule has 0 amide bonds. The number of rotatable bonds is 1. The summed E-state index contributed by atoms with van der Waals surface area (Å²) < 4.78 is 6.65. The molecule has 1 atom stereocenters. The Balaban J connectivity index is 2.60. The minimum absolute atomic E-state index is 0.0514. The molecule has 1 aliphatic rings. The smallest absolute Gasteiger partial charge is 0.147 e. The topological polar surface area (TPSA) is 26.3 Å². The van der Waals surface area contributed by atoms with Crippen molar-refractivity contribution >= 4 is 38.8 Å². The maximum Gasteiger partial charge on any atom is 0.147 e. The van der Waals surface area contributed by atoms with Crippen molar-refractivity contribution in [1.82, 2.24) is 0 Å². The minimum Gasteiger partial charge on any atom is -0.490 e. The molecule has 0 saturated heterocycles. The molecule has 1 aromatic rings. The highest BCUT2D eigenvalue weighted by atomic mass is 79.9. The van der Waals surface area contributed by atoms with E-state index in [0.717, 1.165) is 16.3 Å². The molecule has 1 unspecified atom stereocenters. The van der Waals surface area contributed by atoms with Crippen molar-refractivity contribution in [3.63, 3.8) is 0 Å². The Bertz CT molecular complexity index is 468. The fourth-order valence-corrected chi connectivity index (χ4v) is 2.32. The summed E-state index contributed by atoms with van der Waals surface area (Å²) in [6.07, 6.45) is 1.29. The van der Waals surface area contributed by atoms with E-state index in [4.69, 9.17) is 16.3 Å². The molecule has 1 aliphatic heterocycles. The van der Waals surface area contributed by atoms with Crippen molar-refractivity contribution in [1.29, 1.82) is 0 Å². The molecular formula is C12H10BrClO2. The normalized spacial score (nSPS) is 19.8. The second kappa shape index (κ2) is 4.60.